The lowest BCUT2D eigenvalue weighted by Crippen LogP contribution is -2.19. The van der Waals surface area contributed by atoms with E-state index in [2.05, 4.69) is 25.9 Å². The van der Waals surface area contributed by atoms with Crippen LogP contribution in [0.3, 0.4) is 0 Å². The Morgan fingerprint density at radius 3 is 2.37 bits per heavy atom. The molecule has 8 nitrogen and oxygen atoms in total. The summed E-state index contributed by atoms with van der Waals surface area (Å²) in [6, 6.07) is 13.1. The van der Waals surface area contributed by atoms with Gasteiger partial charge in [0.05, 0.1) is 10.9 Å². The minimum absolute atomic E-state index is 0.261. The van der Waals surface area contributed by atoms with Crippen molar-refractivity contribution in [2.24, 2.45) is 0 Å². The lowest BCUT2D eigenvalue weighted by molar-refractivity contribution is 0.102. The summed E-state index contributed by atoms with van der Waals surface area (Å²) in [7, 11) is 0. The molecule has 0 atom stereocenters. The van der Waals surface area contributed by atoms with Gasteiger partial charge in [0.15, 0.2) is 0 Å². The Bertz CT molecular complexity index is 1240. The Morgan fingerprint density at radius 1 is 0.933 bits per heavy atom. The van der Waals surface area contributed by atoms with Crippen molar-refractivity contribution in [1.82, 2.24) is 9.97 Å². The maximum atomic E-state index is 12.6. The van der Waals surface area contributed by atoms with E-state index in [-0.39, 0.29) is 11.7 Å². The molecule has 0 unspecified atom stereocenters. The number of thiophene rings is 1. The van der Waals surface area contributed by atoms with Gasteiger partial charge < -0.3 is 21.7 Å². The molecule has 10 heteroatoms. The van der Waals surface area contributed by atoms with Gasteiger partial charge >= 0.3 is 6.03 Å². The predicted molar refractivity (Wildman–Crippen MR) is 120 cm³/mol. The van der Waals surface area contributed by atoms with E-state index < -0.39 is 6.03 Å². The molecular formula is C20H15ClN6O2S. The first-order valence-electron chi connectivity index (χ1n) is 8.72. The number of amides is 3. The lowest BCUT2D eigenvalue weighted by Gasteiger charge is -2.09. The Labute approximate surface area is 180 Å². The van der Waals surface area contributed by atoms with Gasteiger partial charge in [0.25, 0.3) is 5.91 Å². The molecule has 0 radical (unpaired) electrons. The van der Waals surface area contributed by atoms with Gasteiger partial charge in [-0.25, -0.2) is 14.8 Å². The summed E-state index contributed by atoms with van der Waals surface area (Å²) < 4.78 is 0. The van der Waals surface area contributed by atoms with Crippen molar-refractivity contribution in [1.29, 1.82) is 0 Å². The zero-order chi connectivity index (χ0) is 21.1. The van der Waals surface area contributed by atoms with E-state index in [1.807, 2.05) is 0 Å². The number of nitrogens with two attached hydrogens (primary N) is 1. The zero-order valence-corrected chi connectivity index (χ0v) is 16.9. The molecular weight excluding hydrogens is 424 g/mol. The number of nitrogen functional groups attached to an aromatic ring is 1. The Hall–Kier alpha value is -3.69. The molecule has 150 valence electrons. The van der Waals surface area contributed by atoms with E-state index in [0.29, 0.717) is 37.9 Å². The molecule has 2 aromatic carbocycles. The van der Waals surface area contributed by atoms with Crippen LogP contribution in [0, 0.1) is 0 Å². The summed E-state index contributed by atoms with van der Waals surface area (Å²) in [5.74, 6) is -0.0566. The molecule has 0 saturated carbocycles. The van der Waals surface area contributed by atoms with Crippen LogP contribution in [0.25, 0.3) is 10.2 Å². The average molecular weight is 439 g/mol. The fraction of sp³-hybridized carbons (Fsp3) is 0. The number of anilines is 4. The summed E-state index contributed by atoms with van der Waals surface area (Å²) >= 11 is 7.23. The van der Waals surface area contributed by atoms with Crippen LogP contribution in [0.5, 0.6) is 0 Å². The molecule has 30 heavy (non-hydrogen) atoms. The van der Waals surface area contributed by atoms with Gasteiger partial charge in [0.1, 0.15) is 17.0 Å². The summed E-state index contributed by atoms with van der Waals surface area (Å²) in [5, 5.41) is 11.0. The van der Waals surface area contributed by atoms with Crippen LogP contribution in [0.1, 0.15) is 10.4 Å². The molecule has 0 aliphatic carbocycles. The van der Waals surface area contributed by atoms with E-state index in [9.17, 15) is 9.59 Å². The second-order valence-electron chi connectivity index (χ2n) is 6.21. The van der Waals surface area contributed by atoms with Crippen LogP contribution in [0.4, 0.5) is 27.7 Å². The van der Waals surface area contributed by atoms with E-state index in [0.717, 1.165) is 0 Å². The fourth-order valence-corrected chi connectivity index (χ4v) is 3.85. The van der Waals surface area contributed by atoms with Crippen molar-refractivity contribution in [3.63, 3.8) is 0 Å². The molecule has 0 aliphatic heterocycles. The fourth-order valence-electron chi connectivity index (χ4n) is 2.76. The number of nitrogens with zero attached hydrogens (tertiary/aromatic N) is 2. The van der Waals surface area contributed by atoms with E-state index in [4.69, 9.17) is 17.3 Å². The predicted octanol–water partition coefficient (Wildman–Crippen LogP) is 4.82. The highest BCUT2D eigenvalue weighted by Crippen LogP contribution is 2.28. The van der Waals surface area contributed by atoms with Crippen LogP contribution >= 0.6 is 22.9 Å². The first kappa shape index (κ1) is 19.6. The first-order chi connectivity index (χ1) is 14.5. The van der Waals surface area contributed by atoms with E-state index in [1.54, 1.807) is 53.9 Å². The SMILES string of the molecule is Nc1ncnc2scc(C(=O)Nc3ccc(NC(=O)Nc4cccc(Cl)c4)cc3)c12. The second-order valence-corrected chi connectivity index (χ2v) is 7.50. The number of rotatable bonds is 4. The first-order valence-corrected chi connectivity index (χ1v) is 9.98. The van der Waals surface area contributed by atoms with Crippen LogP contribution in [-0.2, 0) is 0 Å². The summed E-state index contributed by atoms with van der Waals surface area (Å²) in [5.41, 5.74) is 8.00. The normalized spacial score (nSPS) is 10.6. The lowest BCUT2D eigenvalue weighted by atomic mass is 10.2. The molecule has 4 rings (SSSR count). The molecule has 0 bridgehead atoms. The van der Waals surface area contributed by atoms with Gasteiger partial charge in [-0.3, -0.25) is 4.79 Å². The van der Waals surface area contributed by atoms with Gasteiger partial charge in [0, 0.05) is 27.5 Å². The van der Waals surface area contributed by atoms with Crippen molar-refractivity contribution in [2.45, 2.75) is 0 Å². The largest absolute Gasteiger partial charge is 0.383 e. The van der Waals surface area contributed by atoms with Gasteiger partial charge in [-0.15, -0.1) is 11.3 Å². The Kier molecular flexibility index (Phi) is 5.46. The van der Waals surface area contributed by atoms with E-state index >= 15 is 0 Å². The maximum Gasteiger partial charge on any atom is 0.323 e. The molecule has 2 aromatic heterocycles. The smallest absolute Gasteiger partial charge is 0.323 e. The minimum Gasteiger partial charge on any atom is -0.383 e. The van der Waals surface area contributed by atoms with Crippen molar-refractivity contribution < 1.29 is 9.59 Å². The third-order valence-corrected chi connectivity index (χ3v) is 5.25. The van der Waals surface area contributed by atoms with Crippen LogP contribution < -0.4 is 21.7 Å². The van der Waals surface area contributed by atoms with Gasteiger partial charge in [-0.2, -0.15) is 0 Å². The van der Waals surface area contributed by atoms with Crippen molar-refractivity contribution in [3.8, 4) is 0 Å². The van der Waals surface area contributed by atoms with Crippen LogP contribution in [0.15, 0.2) is 60.2 Å². The molecule has 5 N–H and O–H groups in total. The number of halogens is 1. The zero-order valence-electron chi connectivity index (χ0n) is 15.3. The highest BCUT2D eigenvalue weighted by Gasteiger charge is 2.16. The monoisotopic (exact) mass is 438 g/mol. The van der Waals surface area contributed by atoms with Crippen molar-refractivity contribution in [2.75, 3.05) is 21.7 Å². The maximum absolute atomic E-state index is 12.6. The molecule has 4 aromatic rings. The van der Waals surface area contributed by atoms with Crippen molar-refractivity contribution in [3.05, 3.63) is 70.8 Å². The third kappa shape index (κ3) is 4.32. The summed E-state index contributed by atoms with van der Waals surface area (Å²) in [4.78, 5) is 33.5. The van der Waals surface area contributed by atoms with Gasteiger partial charge in [-0.05, 0) is 42.5 Å². The van der Waals surface area contributed by atoms with E-state index in [1.165, 1.54) is 17.7 Å². The van der Waals surface area contributed by atoms with Gasteiger partial charge in [0.2, 0.25) is 0 Å². The quantitative estimate of drug-likeness (QED) is 0.363. The molecule has 0 aliphatic rings. The molecule has 0 saturated heterocycles. The number of carbonyl (C=O) groups is 2. The Balaban J connectivity index is 1.41. The van der Waals surface area contributed by atoms with Crippen LogP contribution in [0.2, 0.25) is 5.02 Å². The summed E-state index contributed by atoms with van der Waals surface area (Å²) in [6.45, 7) is 0. The number of nitrogens with one attached hydrogen (secondary N) is 3. The highest BCUT2D eigenvalue weighted by molar-refractivity contribution is 7.17. The third-order valence-electron chi connectivity index (χ3n) is 4.13. The molecule has 2 heterocycles. The standard InChI is InChI=1S/C20H15ClN6O2S/c21-11-2-1-3-14(8-11)27-20(29)26-13-6-4-12(5-7-13)25-18(28)15-9-30-19-16(15)17(22)23-10-24-19/h1-10H,(H,25,28)(H2,22,23,24)(H2,26,27,29). The number of urea groups is 1. The number of hydrogen-bond donors (Lipinski definition) is 4. The molecule has 0 fully saturated rings. The number of hydrogen-bond acceptors (Lipinski definition) is 6. The summed E-state index contributed by atoms with van der Waals surface area (Å²) in [6.07, 6.45) is 1.37. The Morgan fingerprint density at radius 2 is 1.63 bits per heavy atom. The van der Waals surface area contributed by atoms with Crippen LogP contribution in [-0.4, -0.2) is 21.9 Å². The van der Waals surface area contributed by atoms with Crippen molar-refractivity contribution >= 4 is 68.0 Å². The molecule has 0 spiro atoms. The second kappa shape index (κ2) is 8.36. The minimum atomic E-state index is -0.408. The van der Waals surface area contributed by atoms with Gasteiger partial charge in [-0.1, -0.05) is 17.7 Å². The topological polar surface area (TPSA) is 122 Å². The average Bonchev–Trinajstić information content (AvgIpc) is 3.15. The number of benzene rings is 2. The number of aromatic nitrogens is 2. The number of carbonyl (C=O) groups excluding carboxylic acids is 2. The molecule has 3 amide bonds. The highest BCUT2D eigenvalue weighted by atomic mass is 35.5. The number of fused-ring (bicyclic) bond motifs is 1.